The van der Waals surface area contributed by atoms with Crippen LogP contribution < -0.4 is 10.1 Å². The number of ether oxygens (including phenoxy) is 2. The van der Waals surface area contributed by atoms with E-state index in [2.05, 4.69) is 5.32 Å². The number of rotatable bonds is 7. The molecule has 4 nitrogen and oxygen atoms in total. The molecule has 0 aliphatic heterocycles. The van der Waals surface area contributed by atoms with E-state index in [1.807, 2.05) is 26.1 Å². The molecule has 1 aromatic rings. The van der Waals surface area contributed by atoms with Crippen molar-refractivity contribution in [1.82, 2.24) is 5.32 Å². The minimum absolute atomic E-state index is 0.338. The molecular weight excluding hydrogens is 266 g/mol. The smallest absolute Gasteiger partial charge is 0.347 e. The zero-order chi connectivity index (χ0) is 14.3. The van der Waals surface area contributed by atoms with Gasteiger partial charge in [-0.3, -0.25) is 0 Å². The molecule has 0 saturated heterocycles. The number of esters is 1. The van der Waals surface area contributed by atoms with Gasteiger partial charge in [-0.1, -0.05) is 30.7 Å². The van der Waals surface area contributed by atoms with Gasteiger partial charge in [0.15, 0.2) is 6.10 Å². The van der Waals surface area contributed by atoms with E-state index >= 15 is 0 Å². The lowest BCUT2D eigenvalue weighted by atomic mass is 10.2. The van der Waals surface area contributed by atoms with Gasteiger partial charge in [-0.25, -0.2) is 4.79 Å². The van der Waals surface area contributed by atoms with Gasteiger partial charge in [-0.05, 0) is 26.5 Å². The van der Waals surface area contributed by atoms with Crippen LogP contribution in [0.3, 0.4) is 0 Å². The molecule has 0 radical (unpaired) electrons. The molecule has 1 aromatic carbocycles. The van der Waals surface area contributed by atoms with Gasteiger partial charge < -0.3 is 14.8 Å². The minimum Gasteiger partial charge on any atom is -0.477 e. The zero-order valence-electron chi connectivity index (χ0n) is 11.5. The predicted octanol–water partition coefficient (Wildman–Crippen LogP) is 2.78. The first-order valence-corrected chi connectivity index (χ1v) is 6.77. The minimum atomic E-state index is -0.629. The number of benzene rings is 1. The summed E-state index contributed by atoms with van der Waals surface area (Å²) in [6, 6.07) is 5.51. The lowest BCUT2D eigenvalue weighted by molar-refractivity contribution is -0.151. The number of para-hydroxylation sites is 1. The Labute approximate surface area is 119 Å². The second-order valence-electron chi connectivity index (χ2n) is 4.03. The summed E-state index contributed by atoms with van der Waals surface area (Å²) in [6.07, 6.45) is -0.0984. The van der Waals surface area contributed by atoms with Crippen molar-refractivity contribution in [3.8, 4) is 5.75 Å². The average Bonchev–Trinajstić information content (AvgIpc) is 2.39. The lowest BCUT2D eigenvalue weighted by Crippen LogP contribution is -2.29. The normalized spacial score (nSPS) is 12.0. The summed E-state index contributed by atoms with van der Waals surface area (Å²) >= 11 is 6.14. The first kappa shape index (κ1) is 15.8. The molecule has 0 fully saturated rings. The Bertz CT molecular complexity index is 423. The maximum Gasteiger partial charge on any atom is 0.347 e. The molecule has 0 spiro atoms. The van der Waals surface area contributed by atoms with E-state index in [1.54, 1.807) is 13.0 Å². The zero-order valence-corrected chi connectivity index (χ0v) is 12.3. The van der Waals surface area contributed by atoms with Crippen LogP contribution in [0, 0.1) is 0 Å². The molecule has 0 aliphatic carbocycles. The van der Waals surface area contributed by atoms with Crippen molar-refractivity contribution < 1.29 is 14.3 Å². The molecule has 19 heavy (non-hydrogen) atoms. The highest BCUT2D eigenvalue weighted by atomic mass is 35.5. The van der Waals surface area contributed by atoms with Crippen LogP contribution in [-0.4, -0.2) is 25.7 Å². The SMILES string of the molecule is CCOC(=O)C(CC)Oc1c(Cl)cccc1CNC. The van der Waals surface area contributed by atoms with Crippen molar-refractivity contribution in [3.05, 3.63) is 28.8 Å². The fourth-order valence-corrected chi connectivity index (χ4v) is 1.93. The van der Waals surface area contributed by atoms with Gasteiger partial charge in [-0.2, -0.15) is 0 Å². The van der Waals surface area contributed by atoms with Crippen LogP contribution in [0.1, 0.15) is 25.8 Å². The van der Waals surface area contributed by atoms with E-state index in [9.17, 15) is 4.79 Å². The summed E-state index contributed by atoms with van der Waals surface area (Å²) in [6.45, 7) is 4.60. The topological polar surface area (TPSA) is 47.6 Å². The summed E-state index contributed by atoms with van der Waals surface area (Å²) in [5, 5.41) is 3.54. The van der Waals surface area contributed by atoms with Gasteiger partial charge in [0, 0.05) is 12.1 Å². The molecule has 106 valence electrons. The maximum atomic E-state index is 11.8. The van der Waals surface area contributed by atoms with Crippen molar-refractivity contribution in [2.75, 3.05) is 13.7 Å². The molecule has 0 aliphatic rings. The molecule has 0 saturated carbocycles. The first-order chi connectivity index (χ1) is 9.13. The van der Waals surface area contributed by atoms with E-state index in [1.165, 1.54) is 0 Å². The lowest BCUT2D eigenvalue weighted by Gasteiger charge is -2.19. The molecule has 1 N–H and O–H groups in total. The Hall–Kier alpha value is -1.26. The van der Waals surface area contributed by atoms with Crippen molar-refractivity contribution >= 4 is 17.6 Å². The Morgan fingerprint density at radius 3 is 2.74 bits per heavy atom. The van der Waals surface area contributed by atoms with Crippen LogP contribution in [0.4, 0.5) is 0 Å². The van der Waals surface area contributed by atoms with Crippen LogP contribution in [0.25, 0.3) is 0 Å². The highest BCUT2D eigenvalue weighted by molar-refractivity contribution is 6.32. The largest absolute Gasteiger partial charge is 0.477 e. The summed E-state index contributed by atoms with van der Waals surface area (Å²) < 4.78 is 10.7. The monoisotopic (exact) mass is 285 g/mol. The highest BCUT2D eigenvalue weighted by Gasteiger charge is 2.22. The molecule has 0 aromatic heterocycles. The Kier molecular flexibility index (Phi) is 6.67. The fourth-order valence-electron chi connectivity index (χ4n) is 1.69. The second-order valence-corrected chi connectivity index (χ2v) is 4.43. The van der Waals surface area contributed by atoms with Gasteiger partial charge in [0.1, 0.15) is 5.75 Å². The fraction of sp³-hybridized carbons (Fsp3) is 0.500. The molecule has 0 heterocycles. The summed E-state index contributed by atoms with van der Waals surface area (Å²) in [4.78, 5) is 11.8. The average molecular weight is 286 g/mol. The number of hydrogen-bond acceptors (Lipinski definition) is 4. The van der Waals surface area contributed by atoms with Gasteiger partial charge in [0.2, 0.25) is 0 Å². The molecule has 1 atom stereocenters. The molecular formula is C14H20ClNO3. The summed E-state index contributed by atoms with van der Waals surface area (Å²) in [5.41, 5.74) is 0.915. The van der Waals surface area contributed by atoms with Gasteiger partial charge in [0.25, 0.3) is 0 Å². The van der Waals surface area contributed by atoms with Crippen LogP contribution in [-0.2, 0) is 16.1 Å². The number of nitrogens with one attached hydrogen (secondary N) is 1. The van der Waals surface area contributed by atoms with E-state index in [-0.39, 0.29) is 5.97 Å². The third kappa shape index (κ3) is 4.40. The maximum absolute atomic E-state index is 11.8. The van der Waals surface area contributed by atoms with Crippen molar-refractivity contribution in [1.29, 1.82) is 0 Å². The Balaban J connectivity index is 2.92. The van der Waals surface area contributed by atoms with Gasteiger partial charge >= 0.3 is 5.97 Å². The van der Waals surface area contributed by atoms with Gasteiger partial charge in [0.05, 0.1) is 11.6 Å². The number of halogens is 1. The number of carbonyl (C=O) groups excluding carboxylic acids is 1. The van der Waals surface area contributed by atoms with Crippen molar-refractivity contribution in [2.45, 2.75) is 32.9 Å². The van der Waals surface area contributed by atoms with E-state index in [0.717, 1.165) is 5.56 Å². The van der Waals surface area contributed by atoms with Gasteiger partial charge in [-0.15, -0.1) is 0 Å². The third-order valence-electron chi connectivity index (χ3n) is 2.60. The molecule has 0 amide bonds. The number of hydrogen-bond donors (Lipinski definition) is 1. The Morgan fingerprint density at radius 2 is 2.16 bits per heavy atom. The van der Waals surface area contributed by atoms with Crippen molar-refractivity contribution in [3.63, 3.8) is 0 Å². The van der Waals surface area contributed by atoms with Crippen LogP contribution >= 0.6 is 11.6 Å². The number of carbonyl (C=O) groups is 1. The third-order valence-corrected chi connectivity index (χ3v) is 2.89. The van der Waals surface area contributed by atoms with Crippen LogP contribution in [0.2, 0.25) is 5.02 Å². The molecule has 0 bridgehead atoms. The standard InChI is InChI=1S/C14H20ClNO3/c1-4-12(14(17)18-5-2)19-13-10(9-16-3)7-6-8-11(13)15/h6-8,12,16H,4-5,9H2,1-3H3. The van der Waals surface area contributed by atoms with Crippen LogP contribution in [0.5, 0.6) is 5.75 Å². The molecule has 1 unspecified atom stereocenters. The molecule has 5 heteroatoms. The summed E-state index contributed by atoms with van der Waals surface area (Å²) in [7, 11) is 1.84. The second kappa shape index (κ2) is 8.02. The van der Waals surface area contributed by atoms with Crippen LogP contribution in [0.15, 0.2) is 18.2 Å². The first-order valence-electron chi connectivity index (χ1n) is 6.39. The quantitative estimate of drug-likeness (QED) is 0.783. The Morgan fingerprint density at radius 1 is 1.42 bits per heavy atom. The van der Waals surface area contributed by atoms with E-state index in [4.69, 9.17) is 21.1 Å². The van der Waals surface area contributed by atoms with E-state index in [0.29, 0.717) is 30.3 Å². The van der Waals surface area contributed by atoms with Crippen molar-refractivity contribution in [2.24, 2.45) is 0 Å². The predicted molar refractivity (Wildman–Crippen MR) is 75.6 cm³/mol. The van der Waals surface area contributed by atoms with E-state index < -0.39 is 6.10 Å². The highest BCUT2D eigenvalue weighted by Crippen LogP contribution is 2.30. The molecule has 1 rings (SSSR count). The summed E-state index contributed by atoms with van der Waals surface area (Å²) in [5.74, 6) is 0.179.